The topological polar surface area (TPSA) is 158 Å². The number of anilines is 1. The number of nitriles is 1. The summed E-state index contributed by atoms with van der Waals surface area (Å²) in [5, 5.41) is 28.8. The number of aliphatic hydroxyl groups excluding tert-OH is 1. The molecule has 1 fully saturated rings. The van der Waals surface area contributed by atoms with Crippen molar-refractivity contribution in [3.63, 3.8) is 0 Å². The number of halogens is 1. The Morgan fingerprint density at radius 2 is 2.02 bits per heavy atom. The maximum absolute atomic E-state index is 13.2. The van der Waals surface area contributed by atoms with Gasteiger partial charge in [0.05, 0.1) is 54.7 Å². The van der Waals surface area contributed by atoms with E-state index in [4.69, 9.17) is 24.5 Å². The van der Waals surface area contributed by atoms with E-state index in [0.29, 0.717) is 35.4 Å². The minimum absolute atomic E-state index is 0.281. The number of benzene rings is 3. The number of aliphatic imine (C=N–C) groups is 1. The first-order valence-electron chi connectivity index (χ1n) is 18.8. The number of nitrogens with one attached hydrogen (secondary N) is 2. The molecule has 8 rings (SSSR count). The fourth-order valence-corrected chi connectivity index (χ4v) is 6.85. The van der Waals surface area contributed by atoms with Gasteiger partial charge in [-0.1, -0.05) is 29.9 Å². The predicted molar refractivity (Wildman–Crippen MR) is 222 cm³/mol. The second-order valence-electron chi connectivity index (χ2n) is 13.9. The van der Waals surface area contributed by atoms with Gasteiger partial charge in [-0.25, -0.2) is 9.37 Å². The van der Waals surface area contributed by atoms with Gasteiger partial charge in [-0.3, -0.25) is 19.8 Å². The number of allylic oxidation sites excluding steroid dienone is 3. The molecule has 294 valence electrons. The molecule has 2 aliphatic heterocycles. The van der Waals surface area contributed by atoms with Crippen molar-refractivity contribution in [2.45, 2.75) is 58.8 Å². The number of hydrogen-bond donors (Lipinski definition) is 3. The van der Waals surface area contributed by atoms with Crippen molar-refractivity contribution in [3.05, 3.63) is 124 Å². The Kier molecular flexibility index (Phi) is 13.4. The zero-order valence-corrected chi connectivity index (χ0v) is 32.5. The molecule has 0 bridgehead atoms. The van der Waals surface area contributed by atoms with E-state index in [-0.39, 0.29) is 5.52 Å². The molecular formula is C44H47FN8O4. The summed E-state index contributed by atoms with van der Waals surface area (Å²) in [7, 11) is 1.94. The number of aromatic nitrogens is 4. The highest BCUT2D eigenvalue weighted by molar-refractivity contribution is 5.89. The summed E-state index contributed by atoms with van der Waals surface area (Å²) in [6, 6.07) is 16.9. The number of aryl methyl sites for hydroxylation is 2. The summed E-state index contributed by atoms with van der Waals surface area (Å²) in [6.45, 7) is 12.2. The number of nitrogens with zero attached hydrogens (tertiary/aromatic N) is 6. The molecule has 1 atom stereocenters. The summed E-state index contributed by atoms with van der Waals surface area (Å²) in [5.41, 5.74) is 8.49. The van der Waals surface area contributed by atoms with Crippen LogP contribution in [0.3, 0.4) is 0 Å². The highest BCUT2D eigenvalue weighted by atomic mass is 19.1. The number of ether oxygens (including phenoxy) is 1. The molecule has 3 aromatic carbocycles. The molecule has 0 amide bonds. The normalized spacial score (nSPS) is 15.5. The van der Waals surface area contributed by atoms with Gasteiger partial charge in [0.2, 0.25) is 0 Å². The van der Waals surface area contributed by atoms with Crippen LogP contribution < -0.4 is 5.32 Å². The van der Waals surface area contributed by atoms with Crippen molar-refractivity contribution < 1.29 is 23.4 Å². The predicted octanol–water partition coefficient (Wildman–Crippen LogP) is 8.65. The van der Waals surface area contributed by atoms with E-state index in [1.807, 2.05) is 32.2 Å². The van der Waals surface area contributed by atoms with Crippen molar-refractivity contribution in [2.24, 2.45) is 4.99 Å². The maximum Gasteiger partial charge on any atom is 0.152 e. The monoisotopic (exact) mass is 770 g/mol. The van der Waals surface area contributed by atoms with Crippen molar-refractivity contribution in [1.29, 1.82) is 5.26 Å². The lowest BCUT2D eigenvalue weighted by Gasteiger charge is -2.29. The third-order valence-corrected chi connectivity index (χ3v) is 10.0. The Morgan fingerprint density at radius 3 is 2.70 bits per heavy atom. The number of hydrogen-bond acceptors (Lipinski definition) is 10. The summed E-state index contributed by atoms with van der Waals surface area (Å²) < 4.78 is 26.8. The van der Waals surface area contributed by atoms with Gasteiger partial charge in [-0.05, 0) is 88.4 Å². The lowest BCUT2D eigenvalue weighted by atomic mass is 10.0. The smallest absolute Gasteiger partial charge is 0.152 e. The van der Waals surface area contributed by atoms with Crippen LogP contribution in [0.1, 0.15) is 58.0 Å². The molecule has 3 aromatic heterocycles. The Morgan fingerprint density at radius 1 is 1.18 bits per heavy atom. The SMILES string of the molecule is C=NCc1ccc(C#N)c2cc(C)oc12.CNc1ccc2c(c1)nc(CN1CC=C(C/C=C\C=C\O)CC1)n2C[C@@H]1CCO1.Cc1[nH]nc2c(F)cc(C=O)cc12. The average molecular weight is 771 g/mol. The van der Waals surface area contributed by atoms with Gasteiger partial charge < -0.3 is 24.1 Å². The molecule has 0 saturated carbocycles. The number of H-pyrrole nitrogens is 1. The van der Waals surface area contributed by atoms with E-state index in [1.165, 1.54) is 17.2 Å². The van der Waals surface area contributed by atoms with E-state index in [9.17, 15) is 9.18 Å². The average Bonchev–Trinajstić information content (AvgIpc) is 3.90. The quantitative estimate of drug-likeness (QED) is 0.0386. The number of aromatic amines is 1. The van der Waals surface area contributed by atoms with Crippen LogP contribution in [0.2, 0.25) is 0 Å². The van der Waals surface area contributed by atoms with Crippen LogP contribution in [0.25, 0.3) is 32.9 Å². The second-order valence-corrected chi connectivity index (χ2v) is 13.9. The number of carbonyl (C=O) groups excluding carboxylic acids is 1. The fraction of sp³-hybridized carbons (Fsp3) is 0.295. The second kappa shape index (κ2) is 19.0. The largest absolute Gasteiger partial charge is 0.516 e. The first kappa shape index (κ1) is 40.3. The number of rotatable bonds is 11. The van der Waals surface area contributed by atoms with E-state index < -0.39 is 5.82 Å². The number of aliphatic hydroxyl groups is 1. The third kappa shape index (κ3) is 9.72. The number of furan rings is 1. The number of imidazole rings is 1. The van der Waals surface area contributed by atoms with Crippen molar-refractivity contribution >= 4 is 51.6 Å². The van der Waals surface area contributed by atoms with Crippen LogP contribution in [-0.2, 0) is 24.4 Å². The van der Waals surface area contributed by atoms with E-state index in [1.54, 1.807) is 25.1 Å². The molecule has 57 heavy (non-hydrogen) atoms. The number of carbonyl (C=O) groups is 1. The van der Waals surface area contributed by atoms with E-state index >= 15 is 0 Å². The van der Waals surface area contributed by atoms with Crippen molar-refractivity contribution in [1.82, 2.24) is 24.6 Å². The van der Waals surface area contributed by atoms with Gasteiger partial charge in [-0.2, -0.15) is 10.4 Å². The lowest BCUT2D eigenvalue weighted by Crippen LogP contribution is -2.33. The zero-order valence-electron chi connectivity index (χ0n) is 32.5. The molecule has 6 aromatic rings. The van der Waals surface area contributed by atoms with Gasteiger partial charge >= 0.3 is 0 Å². The van der Waals surface area contributed by atoms with Gasteiger partial charge in [0, 0.05) is 60.0 Å². The maximum atomic E-state index is 13.2. The van der Waals surface area contributed by atoms with Crippen LogP contribution in [0.15, 0.2) is 94.1 Å². The summed E-state index contributed by atoms with van der Waals surface area (Å²) in [4.78, 5) is 21.7. The Balaban J connectivity index is 0.000000163. The first-order valence-corrected chi connectivity index (χ1v) is 18.8. The Labute approximate surface area is 330 Å². The fourth-order valence-electron chi connectivity index (χ4n) is 6.85. The number of aldehydes is 1. The lowest BCUT2D eigenvalue weighted by molar-refractivity contribution is -0.0591. The third-order valence-electron chi connectivity index (χ3n) is 10.0. The van der Waals surface area contributed by atoms with Crippen LogP contribution in [0.4, 0.5) is 10.1 Å². The summed E-state index contributed by atoms with van der Waals surface area (Å²) >= 11 is 0. The molecule has 2 aliphatic rings. The van der Waals surface area contributed by atoms with Crippen LogP contribution in [0.5, 0.6) is 0 Å². The Bertz CT molecular complexity index is 2500. The van der Waals surface area contributed by atoms with Crippen molar-refractivity contribution in [3.8, 4) is 6.07 Å². The van der Waals surface area contributed by atoms with Gasteiger partial charge in [0.15, 0.2) is 5.82 Å². The van der Waals surface area contributed by atoms with E-state index in [0.717, 1.165) is 103 Å². The highest BCUT2D eigenvalue weighted by Crippen LogP contribution is 2.28. The zero-order chi connectivity index (χ0) is 40.3. The summed E-state index contributed by atoms with van der Waals surface area (Å²) in [6.07, 6.45) is 13.1. The molecule has 0 radical (unpaired) electrons. The van der Waals surface area contributed by atoms with Gasteiger partial charge in [0.25, 0.3) is 0 Å². The van der Waals surface area contributed by atoms with Gasteiger partial charge in [-0.15, -0.1) is 0 Å². The van der Waals surface area contributed by atoms with Crippen LogP contribution in [-0.4, -0.2) is 75.6 Å². The number of fused-ring (bicyclic) bond motifs is 3. The minimum atomic E-state index is -0.469. The highest BCUT2D eigenvalue weighted by Gasteiger charge is 2.23. The molecule has 0 unspecified atom stereocenters. The molecule has 5 heterocycles. The molecule has 12 nitrogen and oxygen atoms in total. The first-order chi connectivity index (χ1) is 27.7. The van der Waals surface area contributed by atoms with Crippen molar-refractivity contribution in [2.75, 3.05) is 32.1 Å². The molecule has 0 spiro atoms. The van der Waals surface area contributed by atoms with E-state index in [2.05, 4.69) is 73.1 Å². The molecular weight excluding hydrogens is 724 g/mol. The molecule has 3 N–H and O–H groups in total. The van der Waals surface area contributed by atoms with Crippen LogP contribution in [0, 0.1) is 31.0 Å². The minimum Gasteiger partial charge on any atom is -0.516 e. The van der Waals surface area contributed by atoms with Crippen LogP contribution >= 0.6 is 0 Å². The molecule has 0 aliphatic carbocycles. The summed E-state index contributed by atoms with van der Waals surface area (Å²) in [5.74, 6) is 1.45. The standard InChI is InChI=1S/C23H30N4O2.C12H10N2O.C9H7FN2O/c1-24-19-6-7-22-21(15-19)25-23(27(22)16-20-10-14-29-20)17-26-11-8-18(9-12-26)5-3-2-4-13-28;1-8-5-11-9(6-13)3-4-10(7-14-2)12(11)15-8;1-5-7-2-6(4-13)3-8(10)9(7)12-11-5/h2-4,6-8,13,15,20,24,28H,5,9-12,14,16-17H2,1H3;3-5H,2,7H2,1H3;2-4H,1H3,(H,11,12)/b3-2-,13-4+;;/t20-;;/m0../s1. The molecule has 13 heteroatoms. The molecule has 1 saturated heterocycles. The van der Waals surface area contributed by atoms with Gasteiger partial charge in [0.1, 0.15) is 29.0 Å². The Hall–Kier alpha value is -6.36.